The molecule has 0 spiro atoms. The Morgan fingerprint density at radius 1 is 1.48 bits per heavy atom. The number of ether oxygens (including phenoxy) is 2. The number of hydrogen-bond donors (Lipinski definition) is 0. The molecule has 1 aliphatic carbocycles. The normalized spacial score (nSPS) is 14.9. The van der Waals surface area contributed by atoms with Gasteiger partial charge in [-0.3, -0.25) is 4.79 Å². The number of hydrogen-bond acceptors (Lipinski definition) is 5. The van der Waals surface area contributed by atoms with E-state index in [1.165, 1.54) is 31.8 Å². The van der Waals surface area contributed by atoms with Gasteiger partial charge in [0.1, 0.15) is 5.01 Å². The maximum atomic E-state index is 12.0. The van der Waals surface area contributed by atoms with Crippen LogP contribution < -0.4 is 4.74 Å². The smallest absolute Gasteiger partial charge is 0.246 e. The molecule has 1 aromatic heterocycles. The lowest BCUT2D eigenvalue weighted by molar-refractivity contribution is -0.127. The lowest BCUT2D eigenvalue weighted by Gasteiger charge is -2.20. The maximum absolute atomic E-state index is 12.0. The third-order valence-corrected chi connectivity index (χ3v) is 5.07. The number of nitrogens with zero attached hydrogens (tertiary/aromatic N) is 2. The molecular weight excluding hydrogens is 312 g/mol. The van der Waals surface area contributed by atoms with E-state index in [1.54, 1.807) is 23.3 Å². The summed E-state index contributed by atoms with van der Waals surface area (Å²) in [5, 5.41) is 0.866. The van der Waals surface area contributed by atoms with Gasteiger partial charge in [-0.2, -0.15) is 0 Å². The summed E-state index contributed by atoms with van der Waals surface area (Å²) in [6.45, 7) is 7.92. The van der Waals surface area contributed by atoms with Crippen molar-refractivity contribution in [2.75, 3.05) is 26.9 Å². The fourth-order valence-corrected chi connectivity index (χ4v) is 3.77. The molecule has 0 radical (unpaired) electrons. The van der Waals surface area contributed by atoms with E-state index < -0.39 is 0 Å². The number of aromatic nitrogens is 1. The first-order chi connectivity index (χ1) is 11.1. The van der Waals surface area contributed by atoms with Gasteiger partial charge in [0.15, 0.2) is 0 Å². The lowest BCUT2D eigenvalue weighted by atomic mass is 10.1. The number of methoxy groups -OCH3 is 1. The van der Waals surface area contributed by atoms with Gasteiger partial charge < -0.3 is 14.4 Å². The fraction of sp³-hybridized carbons (Fsp3) is 0.647. The van der Waals surface area contributed by atoms with Gasteiger partial charge in [0.25, 0.3) is 0 Å². The van der Waals surface area contributed by atoms with Crippen LogP contribution in [0, 0.1) is 12.8 Å². The predicted octanol–water partition coefficient (Wildman–Crippen LogP) is 3.18. The van der Waals surface area contributed by atoms with E-state index >= 15 is 0 Å². The minimum atomic E-state index is -0.0960. The van der Waals surface area contributed by atoms with Gasteiger partial charge in [0.05, 0.1) is 25.1 Å². The number of carbonyl (C=O) groups excluding carboxylic acids is 1. The first-order valence-electron chi connectivity index (χ1n) is 8.13. The van der Waals surface area contributed by atoms with Crippen LogP contribution in [-0.2, 0) is 16.1 Å². The summed E-state index contributed by atoms with van der Waals surface area (Å²) in [4.78, 5) is 19.2. The molecule has 0 saturated heterocycles. The second kappa shape index (κ2) is 9.03. The lowest BCUT2D eigenvalue weighted by Crippen LogP contribution is -2.32. The Hall–Kier alpha value is -1.40. The van der Waals surface area contributed by atoms with Crippen LogP contribution in [-0.4, -0.2) is 42.7 Å². The zero-order valence-electron chi connectivity index (χ0n) is 14.0. The Bertz CT molecular complexity index is 524. The first-order valence-corrected chi connectivity index (χ1v) is 8.95. The highest BCUT2D eigenvalue weighted by Gasteiger charge is 2.17. The van der Waals surface area contributed by atoms with Crippen LogP contribution in [0.2, 0.25) is 0 Å². The summed E-state index contributed by atoms with van der Waals surface area (Å²) in [6.07, 6.45) is 6.52. The SMILES string of the molecule is C=CC(=O)N(CCOCC1CCCC1)Cc1nc(OC)c(C)s1. The van der Waals surface area contributed by atoms with Crippen LogP contribution in [0.3, 0.4) is 0 Å². The molecule has 23 heavy (non-hydrogen) atoms. The van der Waals surface area contributed by atoms with Crippen LogP contribution in [0.25, 0.3) is 0 Å². The van der Waals surface area contributed by atoms with E-state index in [1.807, 2.05) is 6.92 Å². The van der Waals surface area contributed by atoms with Crippen molar-refractivity contribution >= 4 is 17.2 Å². The standard InChI is InChI=1S/C17H26N2O3S/c1-4-16(20)19(9-10-22-12-14-7-5-6-8-14)11-15-18-17(21-3)13(2)23-15/h4,14H,1,5-12H2,2-3H3. The molecule has 1 aliphatic rings. The van der Waals surface area contributed by atoms with Gasteiger partial charge in [-0.1, -0.05) is 19.4 Å². The quantitative estimate of drug-likeness (QED) is 0.512. The van der Waals surface area contributed by atoms with Gasteiger partial charge in [-0.25, -0.2) is 4.98 Å². The topological polar surface area (TPSA) is 51.7 Å². The van der Waals surface area contributed by atoms with Crippen molar-refractivity contribution in [1.29, 1.82) is 0 Å². The van der Waals surface area contributed by atoms with Crippen molar-refractivity contribution in [3.05, 3.63) is 22.5 Å². The summed E-state index contributed by atoms with van der Waals surface area (Å²) in [6, 6.07) is 0. The molecule has 1 amide bonds. The zero-order valence-corrected chi connectivity index (χ0v) is 14.9. The van der Waals surface area contributed by atoms with Crippen LogP contribution in [0.5, 0.6) is 5.88 Å². The molecule has 0 unspecified atom stereocenters. The number of thiazole rings is 1. The van der Waals surface area contributed by atoms with Gasteiger partial charge in [-0.15, -0.1) is 11.3 Å². The predicted molar refractivity (Wildman–Crippen MR) is 91.8 cm³/mol. The Morgan fingerprint density at radius 3 is 2.83 bits per heavy atom. The third-order valence-electron chi connectivity index (χ3n) is 4.14. The van der Waals surface area contributed by atoms with E-state index in [2.05, 4.69) is 11.6 Å². The molecule has 6 heteroatoms. The summed E-state index contributed by atoms with van der Waals surface area (Å²) in [5.41, 5.74) is 0. The van der Waals surface area contributed by atoms with Gasteiger partial charge in [0, 0.05) is 13.2 Å². The van der Waals surface area contributed by atoms with E-state index in [0.29, 0.717) is 31.5 Å². The highest BCUT2D eigenvalue weighted by atomic mass is 32.1. The van der Waals surface area contributed by atoms with Crippen molar-refractivity contribution < 1.29 is 14.3 Å². The van der Waals surface area contributed by atoms with Gasteiger partial charge in [0.2, 0.25) is 11.8 Å². The molecular formula is C17H26N2O3S. The average molecular weight is 338 g/mol. The summed E-state index contributed by atoms with van der Waals surface area (Å²) >= 11 is 1.55. The van der Waals surface area contributed by atoms with E-state index in [9.17, 15) is 4.79 Å². The van der Waals surface area contributed by atoms with Crippen LogP contribution >= 0.6 is 11.3 Å². The van der Waals surface area contributed by atoms with Crippen LogP contribution in [0.15, 0.2) is 12.7 Å². The minimum absolute atomic E-state index is 0.0960. The van der Waals surface area contributed by atoms with E-state index in [0.717, 1.165) is 16.5 Å². The fourth-order valence-electron chi connectivity index (χ4n) is 2.85. The monoisotopic (exact) mass is 338 g/mol. The highest BCUT2D eigenvalue weighted by Crippen LogP contribution is 2.25. The molecule has 1 aromatic rings. The molecule has 0 N–H and O–H groups in total. The molecule has 128 valence electrons. The van der Waals surface area contributed by atoms with Gasteiger partial charge in [-0.05, 0) is 31.8 Å². The third kappa shape index (κ3) is 5.32. The maximum Gasteiger partial charge on any atom is 0.246 e. The molecule has 0 aromatic carbocycles. The largest absolute Gasteiger partial charge is 0.480 e. The van der Waals surface area contributed by atoms with Crippen LogP contribution in [0.1, 0.15) is 35.6 Å². The summed E-state index contributed by atoms with van der Waals surface area (Å²) in [7, 11) is 1.61. The van der Waals surface area contributed by atoms with Crippen molar-refractivity contribution in [1.82, 2.24) is 9.88 Å². The zero-order chi connectivity index (χ0) is 16.7. The number of amides is 1. The van der Waals surface area contributed by atoms with Crippen molar-refractivity contribution in [3.8, 4) is 5.88 Å². The minimum Gasteiger partial charge on any atom is -0.480 e. The highest BCUT2D eigenvalue weighted by molar-refractivity contribution is 7.11. The van der Waals surface area contributed by atoms with Crippen molar-refractivity contribution in [2.45, 2.75) is 39.2 Å². The molecule has 0 aliphatic heterocycles. The van der Waals surface area contributed by atoms with E-state index in [-0.39, 0.29) is 5.91 Å². The Balaban J connectivity index is 1.83. The Kier molecular flexibility index (Phi) is 7.05. The Labute approximate surface area is 142 Å². The second-order valence-electron chi connectivity index (χ2n) is 5.86. The van der Waals surface area contributed by atoms with Crippen LogP contribution in [0.4, 0.5) is 0 Å². The Morgan fingerprint density at radius 2 is 2.22 bits per heavy atom. The van der Waals surface area contributed by atoms with E-state index in [4.69, 9.17) is 9.47 Å². The molecule has 1 heterocycles. The number of carbonyl (C=O) groups is 1. The van der Waals surface area contributed by atoms with Crippen molar-refractivity contribution in [2.24, 2.45) is 5.92 Å². The molecule has 1 fully saturated rings. The second-order valence-corrected chi connectivity index (χ2v) is 7.15. The summed E-state index contributed by atoms with van der Waals surface area (Å²) < 4.78 is 11.0. The molecule has 0 atom stereocenters. The summed E-state index contributed by atoms with van der Waals surface area (Å²) in [5.74, 6) is 1.24. The number of rotatable bonds is 9. The first kappa shape index (κ1) is 17.9. The molecule has 5 nitrogen and oxygen atoms in total. The van der Waals surface area contributed by atoms with Crippen molar-refractivity contribution in [3.63, 3.8) is 0 Å². The molecule has 2 rings (SSSR count). The molecule has 1 saturated carbocycles. The van der Waals surface area contributed by atoms with Gasteiger partial charge >= 0.3 is 0 Å². The number of aryl methyl sites for hydroxylation is 1. The molecule has 0 bridgehead atoms. The average Bonchev–Trinajstić information content (AvgIpc) is 3.18.